The van der Waals surface area contributed by atoms with E-state index in [4.69, 9.17) is 4.42 Å². The summed E-state index contributed by atoms with van der Waals surface area (Å²) in [6, 6.07) is 7.66. The van der Waals surface area contributed by atoms with Gasteiger partial charge in [0.1, 0.15) is 5.52 Å². The van der Waals surface area contributed by atoms with Crippen LogP contribution in [-0.2, 0) is 10.5 Å². The Balaban J connectivity index is 1.66. The Labute approximate surface area is 123 Å². The summed E-state index contributed by atoms with van der Waals surface area (Å²) < 4.78 is 5.62. The zero-order valence-electron chi connectivity index (χ0n) is 10.6. The summed E-state index contributed by atoms with van der Waals surface area (Å²) in [5.74, 6) is 0.542. The number of nitrogens with one attached hydrogen (secondary N) is 1. The number of para-hydroxylation sites is 2. The fraction of sp³-hybridized carbons (Fsp3) is 0.154. The molecule has 0 saturated heterocycles. The van der Waals surface area contributed by atoms with Gasteiger partial charge in [0.2, 0.25) is 5.91 Å². The van der Waals surface area contributed by atoms with Gasteiger partial charge in [0.05, 0.1) is 5.69 Å². The number of hydrogen-bond acceptors (Lipinski definition) is 6. The van der Waals surface area contributed by atoms with Gasteiger partial charge in [-0.05, 0) is 12.1 Å². The van der Waals surface area contributed by atoms with Crippen molar-refractivity contribution in [1.82, 2.24) is 9.97 Å². The van der Waals surface area contributed by atoms with Crippen LogP contribution >= 0.6 is 23.1 Å². The number of thiazole rings is 1. The number of amides is 1. The number of rotatable bonds is 4. The van der Waals surface area contributed by atoms with Crippen LogP contribution in [0.1, 0.15) is 12.6 Å². The molecule has 3 rings (SSSR count). The third-order valence-electron chi connectivity index (χ3n) is 2.45. The van der Waals surface area contributed by atoms with Crippen molar-refractivity contribution in [3.63, 3.8) is 0 Å². The largest absolute Gasteiger partial charge is 0.431 e. The predicted octanol–water partition coefficient (Wildman–Crippen LogP) is 3.54. The molecule has 1 amide bonds. The Morgan fingerprint density at radius 3 is 3.05 bits per heavy atom. The van der Waals surface area contributed by atoms with Crippen molar-refractivity contribution in [1.29, 1.82) is 0 Å². The van der Waals surface area contributed by atoms with Gasteiger partial charge >= 0.3 is 0 Å². The molecular formula is C13H11N3O2S2. The lowest BCUT2D eigenvalue weighted by Gasteiger charge is -1.94. The third kappa shape index (κ3) is 3.00. The molecule has 2 heterocycles. The third-order valence-corrected chi connectivity index (χ3v) is 4.12. The zero-order chi connectivity index (χ0) is 13.9. The molecule has 5 nitrogen and oxygen atoms in total. The molecule has 3 aromatic rings. The number of nitrogens with zero attached hydrogens (tertiary/aromatic N) is 2. The van der Waals surface area contributed by atoms with Crippen molar-refractivity contribution in [3.8, 4) is 0 Å². The summed E-state index contributed by atoms with van der Waals surface area (Å²) in [4.78, 5) is 19.6. The van der Waals surface area contributed by atoms with Crippen molar-refractivity contribution in [3.05, 3.63) is 35.3 Å². The topological polar surface area (TPSA) is 68.0 Å². The highest BCUT2D eigenvalue weighted by Gasteiger charge is 2.08. The van der Waals surface area contributed by atoms with E-state index in [0.29, 0.717) is 16.1 Å². The Morgan fingerprint density at radius 1 is 1.40 bits per heavy atom. The van der Waals surface area contributed by atoms with Crippen LogP contribution in [0.2, 0.25) is 0 Å². The van der Waals surface area contributed by atoms with Crippen LogP contribution < -0.4 is 5.32 Å². The van der Waals surface area contributed by atoms with E-state index in [1.54, 1.807) is 0 Å². The average Bonchev–Trinajstić information content (AvgIpc) is 3.01. The van der Waals surface area contributed by atoms with Crippen molar-refractivity contribution in [2.75, 3.05) is 5.32 Å². The fourth-order valence-corrected chi connectivity index (χ4v) is 3.22. The number of oxazole rings is 1. The van der Waals surface area contributed by atoms with Crippen LogP contribution in [0.3, 0.4) is 0 Å². The summed E-state index contributed by atoms with van der Waals surface area (Å²) in [6.45, 7) is 1.47. The SMILES string of the molecule is CC(=O)Nc1nc(CSc2nc3ccccc3o2)cs1. The van der Waals surface area contributed by atoms with Crippen molar-refractivity contribution in [2.45, 2.75) is 17.9 Å². The Bertz CT molecular complexity index is 718. The molecule has 0 saturated carbocycles. The maximum Gasteiger partial charge on any atom is 0.257 e. The molecule has 0 radical (unpaired) electrons. The first kappa shape index (κ1) is 13.1. The number of aromatic nitrogens is 2. The highest BCUT2D eigenvalue weighted by molar-refractivity contribution is 7.98. The van der Waals surface area contributed by atoms with Gasteiger partial charge in [0.15, 0.2) is 10.7 Å². The molecule has 0 aliphatic heterocycles. The monoisotopic (exact) mass is 305 g/mol. The van der Waals surface area contributed by atoms with Crippen LogP contribution in [0.15, 0.2) is 39.3 Å². The molecule has 0 aliphatic carbocycles. The summed E-state index contributed by atoms with van der Waals surface area (Å²) >= 11 is 2.90. The van der Waals surface area contributed by atoms with E-state index in [1.165, 1.54) is 30.0 Å². The zero-order valence-corrected chi connectivity index (χ0v) is 12.3. The molecule has 0 fully saturated rings. The molecule has 20 heavy (non-hydrogen) atoms. The number of thioether (sulfide) groups is 1. The molecule has 1 N–H and O–H groups in total. The first-order valence-corrected chi connectivity index (χ1v) is 7.77. The first-order valence-electron chi connectivity index (χ1n) is 5.91. The van der Waals surface area contributed by atoms with Crippen molar-refractivity contribution in [2.24, 2.45) is 0 Å². The maximum absolute atomic E-state index is 10.9. The summed E-state index contributed by atoms with van der Waals surface area (Å²) in [6.07, 6.45) is 0. The number of benzene rings is 1. The minimum absolute atomic E-state index is 0.113. The molecule has 102 valence electrons. The van der Waals surface area contributed by atoms with Crippen LogP contribution in [0.5, 0.6) is 0 Å². The number of hydrogen-bond donors (Lipinski definition) is 1. The van der Waals surface area contributed by atoms with Crippen LogP contribution in [-0.4, -0.2) is 15.9 Å². The molecular weight excluding hydrogens is 294 g/mol. The van der Waals surface area contributed by atoms with Gasteiger partial charge in [-0.25, -0.2) is 9.97 Å². The smallest absolute Gasteiger partial charge is 0.257 e. The number of anilines is 1. The molecule has 0 aliphatic rings. The minimum atomic E-state index is -0.113. The van der Waals surface area contributed by atoms with Gasteiger partial charge in [-0.3, -0.25) is 4.79 Å². The van der Waals surface area contributed by atoms with Gasteiger partial charge in [-0.2, -0.15) is 0 Å². The molecule has 0 atom stereocenters. The standard InChI is InChI=1S/C13H11N3O2S2/c1-8(17)14-12-15-9(6-19-12)7-20-13-16-10-4-2-3-5-11(10)18-13/h2-6H,7H2,1H3,(H,14,15,17). The average molecular weight is 305 g/mol. The van der Waals surface area contributed by atoms with Gasteiger partial charge in [-0.15, -0.1) is 11.3 Å². The quantitative estimate of drug-likeness (QED) is 0.747. The van der Waals surface area contributed by atoms with E-state index in [1.807, 2.05) is 29.6 Å². The van der Waals surface area contributed by atoms with Crippen molar-refractivity contribution < 1.29 is 9.21 Å². The predicted molar refractivity (Wildman–Crippen MR) is 80.0 cm³/mol. The van der Waals surface area contributed by atoms with Crippen LogP contribution in [0.4, 0.5) is 5.13 Å². The van der Waals surface area contributed by atoms with Crippen molar-refractivity contribution >= 4 is 45.2 Å². The second-order valence-electron chi connectivity index (χ2n) is 4.06. The van der Waals surface area contributed by atoms with Gasteiger partial charge in [0, 0.05) is 18.1 Å². The van der Waals surface area contributed by atoms with Gasteiger partial charge in [0.25, 0.3) is 5.22 Å². The molecule has 0 bridgehead atoms. The van der Waals surface area contributed by atoms with E-state index in [9.17, 15) is 4.79 Å². The Kier molecular flexibility index (Phi) is 3.70. The lowest BCUT2D eigenvalue weighted by molar-refractivity contribution is -0.114. The normalized spacial score (nSPS) is 10.8. The van der Waals surface area contributed by atoms with Crippen LogP contribution in [0, 0.1) is 0 Å². The highest BCUT2D eigenvalue weighted by Crippen LogP contribution is 2.27. The molecule has 0 spiro atoms. The number of carbonyl (C=O) groups is 1. The Hall–Kier alpha value is -1.86. The summed E-state index contributed by atoms with van der Waals surface area (Å²) in [5, 5.41) is 5.82. The number of carbonyl (C=O) groups excluding carboxylic acids is 1. The molecule has 2 aromatic heterocycles. The maximum atomic E-state index is 10.9. The lowest BCUT2D eigenvalue weighted by Crippen LogP contribution is -2.05. The fourth-order valence-electron chi connectivity index (χ4n) is 1.63. The first-order chi connectivity index (χ1) is 9.70. The Morgan fingerprint density at radius 2 is 2.25 bits per heavy atom. The lowest BCUT2D eigenvalue weighted by atomic mass is 10.3. The minimum Gasteiger partial charge on any atom is -0.431 e. The van der Waals surface area contributed by atoms with E-state index in [0.717, 1.165) is 16.8 Å². The summed E-state index contributed by atoms with van der Waals surface area (Å²) in [5.41, 5.74) is 2.53. The molecule has 0 unspecified atom stereocenters. The summed E-state index contributed by atoms with van der Waals surface area (Å²) in [7, 11) is 0. The van der Waals surface area contributed by atoms with Gasteiger partial charge < -0.3 is 9.73 Å². The second-order valence-corrected chi connectivity index (χ2v) is 5.85. The van der Waals surface area contributed by atoms with E-state index >= 15 is 0 Å². The van der Waals surface area contributed by atoms with Gasteiger partial charge in [-0.1, -0.05) is 23.9 Å². The van der Waals surface area contributed by atoms with E-state index in [-0.39, 0.29) is 5.91 Å². The molecule has 1 aromatic carbocycles. The second kappa shape index (κ2) is 5.64. The molecule has 7 heteroatoms. The van der Waals surface area contributed by atoms with Crippen LogP contribution in [0.25, 0.3) is 11.1 Å². The van der Waals surface area contributed by atoms with E-state index in [2.05, 4.69) is 15.3 Å². The van der Waals surface area contributed by atoms with E-state index < -0.39 is 0 Å². The number of fused-ring (bicyclic) bond motifs is 1. The highest BCUT2D eigenvalue weighted by atomic mass is 32.2.